The van der Waals surface area contributed by atoms with Gasteiger partial charge < -0.3 is 0 Å². The second-order valence-corrected chi connectivity index (χ2v) is 17.9. The highest BCUT2D eigenvalue weighted by molar-refractivity contribution is 5.87. The molecule has 2 aromatic heterocycles. The van der Waals surface area contributed by atoms with E-state index in [1.807, 2.05) is 72.8 Å². The molecule has 0 saturated heterocycles. The monoisotopic (exact) mass is 918 g/mol. The van der Waals surface area contributed by atoms with Gasteiger partial charge in [-0.25, -0.2) is 19.9 Å². The molecule has 0 spiro atoms. The number of nitrogens with zero attached hydrogens (tertiary/aromatic N) is 4. The first-order valence-electron chi connectivity index (χ1n) is 24.3. The van der Waals surface area contributed by atoms with Crippen molar-refractivity contribution < 1.29 is 0 Å². The Kier molecular flexibility index (Phi) is 12.0. The van der Waals surface area contributed by atoms with Crippen LogP contribution in [0.5, 0.6) is 0 Å². The smallest absolute Gasteiger partial charge is 0.164 e. The number of benzene rings is 10. The van der Waals surface area contributed by atoms with Crippen molar-refractivity contribution in [3.63, 3.8) is 0 Å². The summed E-state index contributed by atoms with van der Waals surface area (Å²) in [5, 5.41) is 0. The van der Waals surface area contributed by atoms with Gasteiger partial charge in [0.2, 0.25) is 0 Å². The first-order valence-corrected chi connectivity index (χ1v) is 24.3. The maximum atomic E-state index is 5.14. The van der Waals surface area contributed by atoms with E-state index >= 15 is 0 Å². The van der Waals surface area contributed by atoms with E-state index in [-0.39, 0.29) is 0 Å². The second kappa shape index (κ2) is 19.8. The van der Waals surface area contributed by atoms with Crippen LogP contribution in [-0.4, -0.2) is 19.9 Å². The summed E-state index contributed by atoms with van der Waals surface area (Å²) >= 11 is 0. The molecule has 2 heterocycles. The molecule has 0 unspecified atom stereocenters. The molecule has 0 aliphatic rings. The summed E-state index contributed by atoms with van der Waals surface area (Å²) in [5.41, 5.74) is 20.4. The highest BCUT2D eigenvalue weighted by Gasteiger charge is 2.16. The van der Waals surface area contributed by atoms with Crippen LogP contribution < -0.4 is 0 Å². The molecule has 0 saturated carbocycles. The van der Waals surface area contributed by atoms with Crippen LogP contribution >= 0.6 is 0 Å². The van der Waals surface area contributed by atoms with Crippen LogP contribution in [0, 0.1) is 0 Å². The largest absolute Gasteiger partial charge is 0.248 e. The molecule has 10 aromatic carbocycles. The van der Waals surface area contributed by atoms with Crippen LogP contribution in [-0.2, 0) is 0 Å². The molecule has 4 heteroatoms. The standard InChI is InChI=1S/C68H46N4/c1-7-19-47(20-8-1)57-39-58(48-21-9-2-10-22-48)42-61(41-57)62-43-59(49-31-33-51(34-32-49)63-45-64(52-23-11-3-12-24-52)69-65(46-63)53-25-13-4-14-26-53)40-60(44-62)50-35-37-56(38-36-50)68-71-66(54-27-15-5-16-28-54)70-67(72-68)55-29-17-6-18-30-55/h1-46H. The summed E-state index contributed by atoms with van der Waals surface area (Å²) in [6.45, 7) is 0. The van der Waals surface area contributed by atoms with Crippen molar-refractivity contribution in [1.82, 2.24) is 19.9 Å². The third kappa shape index (κ3) is 9.41. The first kappa shape index (κ1) is 43.6. The molecule has 0 N–H and O–H groups in total. The number of aromatic nitrogens is 4. The lowest BCUT2D eigenvalue weighted by atomic mass is 9.89. The minimum absolute atomic E-state index is 0.621. The van der Waals surface area contributed by atoms with Gasteiger partial charge in [-0.15, -0.1) is 0 Å². The fraction of sp³-hybridized carbons (Fsp3) is 0. The molecule has 72 heavy (non-hydrogen) atoms. The molecular formula is C68H46N4. The van der Waals surface area contributed by atoms with E-state index in [0.29, 0.717) is 17.5 Å². The summed E-state index contributed by atoms with van der Waals surface area (Å²) in [6, 6.07) is 98.3. The Balaban J connectivity index is 0.975. The van der Waals surface area contributed by atoms with Crippen molar-refractivity contribution in [3.8, 4) is 123 Å². The highest BCUT2D eigenvalue weighted by Crippen LogP contribution is 2.39. The van der Waals surface area contributed by atoms with Gasteiger partial charge in [0.25, 0.3) is 0 Å². The topological polar surface area (TPSA) is 51.6 Å². The van der Waals surface area contributed by atoms with Crippen molar-refractivity contribution in [3.05, 3.63) is 279 Å². The van der Waals surface area contributed by atoms with Gasteiger partial charge in [-0.1, -0.05) is 231 Å². The van der Waals surface area contributed by atoms with Crippen LogP contribution in [0.2, 0.25) is 0 Å². The summed E-state index contributed by atoms with van der Waals surface area (Å²) in [5.74, 6) is 1.89. The third-order valence-corrected chi connectivity index (χ3v) is 13.1. The van der Waals surface area contributed by atoms with Gasteiger partial charge in [0.15, 0.2) is 17.5 Å². The van der Waals surface area contributed by atoms with E-state index < -0.39 is 0 Å². The Morgan fingerprint density at radius 2 is 0.333 bits per heavy atom. The predicted molar refractivity (Wildman–Crippen MR) is 297 cm³/mol. The first-order chi connectivity index (χ1) is 35.6. The zero-order valence-corrected chi connectivity index (χ0v) is 39.3. The van der Waals surface area contributed by atoms with Crippen molar-refractivity contribution >= 4 is 0 Å². The van der Waals surface area contributed by atoms with Gasteiger partial charge in [-0.05, 0) is 115 Å². The van der Waals surface area contributed by atoms with E-state index in [0.717, 1.165) is 94.8 Å². The quantitative estimate of drug-likeness (QED) is 0.130. The Hall–Kier alpha value is -9.64. The van der Waals surface area contributed by atoms with Crippen molar-refractivity contribution in [2.75, 3.05) is 0 Å². The normalized spacial score (nSPS) is 11.1. The summed E-state index contributed by atoms with van der Waals surface area (Å²) < 4.78 is 0. The lowest BCUT2D eigenvalue weighted by Crippen LogP contribution is -2.00. The van der Waals surface area contributed by atoms with Crippen LogP contribution in [0.3, 0.4) is 0 Å². The molecule has 12 rings (SSSR count). The molecule has 12 aromatic rings. The highest BCUT2D eigenvalue weighted by atomic mass is 15.0. The molecular weight excluding hydrogens is 873 g/mol. The van der Waals surface area contributed by atoms with Crippen LogP contribution in [0.25, 0.3) is 123 Å². The second-order valence-electron chi connectivity index (χ2n) is 17.9. The van der Waals surface area contributed by atoms with Gasteiger partial charge in [-0.2, -0.15) is 0 Å². The minimum atomic E-state index is 0.621. The molecule has 338 valence electrons. The molecule has 0 radical (unpaired) electrons. The number of hydrogen-bond donors (Lipinski definition) is 0. The molecule has 0 bridgehead atoms. The van der Waals surface area contributed by atoms with Crippen LogP contribution in [0.1, 0.15) is 0 Å². The summed E-state index contributed by atoms with van der Waals surface area (Å²) in [7, 11) is 0. The molecule has 4 nitrogen and oxygen atoms in total. The number of rotatable bonds is 11. The summed E-state index contributed by atoms with van der Waals surface area (Å²) in [6.07, 6.45) is 0. The number of pyridine rings is 1. The minimum Gasteiger partial charge on any atom is -0.248 e. The van der Waals surface area contributed by atoms with Crippen LogP contribution in [0.4, 0.5) is 0 Å². The van der Waals surface area contributed by atoms with Gasteiger partial charge in [0.05, 0.1) is 11.4 Å². The average Bonchev–Trinajstić information content (AvgIpc) is 3.48. The fourth-order valence-electron chi connectivity index (χ4n) is 9.33. The molecule has 0 atom stereocenters. The molecule has 0 fully saturated rings. The van der Waals surface area contributed by atoms with Gasteiger partial charge in [0, 0.05) is 27.8 Å². The van der Waals surface area contributed by atoms with E-state index in [2.05, 4.69) is 206 Å². The Morgan fingerprint density at radius 1 is 0.139 bits per heavy atom. The molecule has 0 amide bonds. The van der Waals surface area contributed by atoms with Crippen LogP contribution in [0.15, 0.2) is 279 Å². The number of hydrogen-bond acceptors (Lipinski definition) is 4. The predicted octanol–water partition coefficient (Wildman–Crippen LogP) is 17.6. The van der Waals surface area contributed by atoms with Crippen molar-refractivity contribution in [2.45, 2.75) is 0 Å². The Bertz CT molecular complexity index is 3430. The van der Waals surface area contributed by atoms with E-state index in [1.165, 1.54) is 11.1 Å². The third-order valence-electron chi connectivity index (χ3n) is 13.1. The Labute approximate surface area is 420 Å². The maximum Gasteiger partial charge on any atom is 0.164 e. The summed E-state index contributed by atoms with van der Waals surface area (Å²) in [4.78, 5) is 20.1. The Morgan fingerprint density at radius 3 is 0.625 bits per heavy atom. The molecule has 0 aliphatic heterocycles. The molecule has 0 aliphatic carbocycles. The van der Waals surface area contributed by atoms with E-state index in [1.54, 1.807) is 0 Å². The average molecular weight is 919 g/mol. The van der Waals surface area contributed by atoms with Gasteiger partial charge >= 0.3 is 0 Å². The fourth-order valence-corrected chi connectivity index (χ4v) is 9.33. The van der Waals surface area contributed by atoms with Crippen molar-refractivity contribution in [1.29, 1.82) is 0 Å². The maximum absolute atomic E-state index is 5.14. The lowest BCUT2D eigenvalue weighted by Gasteiger charge is -2.15. The van der Waals surface area contributed by atoms with E-state index in [9.17, 15) is 0 Å². The van der Waals surface area contributed by atoms with Gasteiger partial charge in [0.1, 0.15) is 0 Å². The van der Waals surface area contributed by atoms with Gasteiger partial charge in [-0.3, -0.25) is 0 Å². The van der Waals surface area contributed by atoms with Crippen molar-refractivity contribution in [2.24, 2.45) is 0 Å². The lowest BCUT2D eigenvalue weighted by molar-refractivity contribution is 1.07. The zero-order valence-electron chi connectivity index (χ0n) is 39.3. The van der Waals surface area contributed by atoms with E-state index in [4.69, 9.17) is 19.9 Å². The SMILES string of the molecule is c1ccc(-c2cc(-c3ccccc3)cc(-c3cc(-c4ccc(-c5cc(-c6ccccc6)nc(-c6ccccc6)c5)cc4)cc(-c4ccc(-c5nc(-c6ccccc6)nc(-c6ccccc6)n5)cc4)c3)c2)cc1. The zero-order chi connectivity index (χ0) is 48.1.